The van der Waals surface area contributed by atoms with Crippen LogP contribution >= 0.6 is 0 Å². The molecule has 4 nitrogen and oxygen atoms in total. The number of ether oxygens (including phenoxy) is 1. The highest BCUT2D eigenvalue weighted by molar-refractivity contribution is 5.73. The molecule has 1 aliphatic rings. The normalized spacial score (nSPS) is 16.7. The van der Waals surface area contributed by atoms with E-state index in [9.17, 15) is 4.79 Å². The van der Waals surface area contributed by atoms with E-state index >= 15 is 0 Å². The number of hydrogen-bond donors (Lipinski definition) is 2. The second kappa shape index (κ2) is 5.68. The van der Waals surface area contributed by atoms with Crippen molar-refractivity contribution in [2.45, 2.75) is 25.3 Å². The molecule has 1 fully saturated rings. The Labute approximate surface area is 101 Å². The zero-order valence-electron chi connectivity index (χ0n) is 9.69. The average Bonchev–Trinajstić information content (AvgIpc) is 2.32. The van der Waals surface area contributed by atoms with Crippen molar-refractivity contribution in [3.05, 3.63) is 29.8 Å². The van der Waals surface area contributed by atoms with Crippen LogP contribution in [0.5, 0.6) is 0 Å². The average molecular weight is 235 g/mol. The third-order valence-corrected chi connectivity index (χ3v) is 2.94. The van der Waals surface area contributed by atoms with Gasteiger partial charge in [-0.15, -0.1) is 0 Å². The minimum Gasteiger partial charge on any atom is -0.481 e. The van der Waals surface area contributed by atoms with Crippen LogP contribution in [0.3, 0.4) is 0 Å². The number of aliphatic carboxylic acids is 1. The third-order valence-electron chi connectivity index (χ3n) is 2.94. The Morgan fingerprint density at radius 3 is 2.76 bits per heavy atom. The quantitative estimate of drug-likeness (QED) is 0.837. The van der Waals surface area contributed by atoms with Crippen LogP contribution in [-0.4, -0.2) is 30.3 Å². The van der Waals surface area contributed by atoms with Crippen molar-refractivity contribution in [2.24, 2.45) is 0 Å². The molecule has 0 amide bonds. The largest absolute Gasteiger partial charge is 0.481 e. The lowest BCUT2D eigenvalue weighted by molar-refractivity contribution is -0.136. The van der Waals surface area contributed by atoms with Gasteiger partial charge in [-0.05, 0) is 24.5 Å². The van der Waals surface area contributed by atoms with E-state index in [0.717, 1.165) is 37.3 Å². The number of para-hydroxylation sites is 1. The summed E-state index contributed by atoms with van der Waals surface area (Å²) < 4.78 is 5.30. The molecule has 1 aromatic rings. The molecule has 0 aromatic heterocycles. The highest BCUT2D eigenvalue weighted by Crippen LogP contribution is 2.20. The molecule has 1 saturated heterocycles. The molecule has 92 valence electrons. The highest BCUT2D eigenvalue weighted by atomic mass is 16.5. The summed E-state index contributed by atoms with van der Waals surface area (Å²) in [5.41, 5.74) is 1.77. The van der Waals surface area contributed by atoms with E-state index in [4.69, 9.17) is 9.84 Å². The number of hydrogen-bond acceptors (Lipinski definition) is 3. The summed E-state index contributed by atoms with van der Waals surface area (Å²) in [6, 6.07) is 7.97. The van der Waals surface area contributed by atoms with Gasteiger partial charge < -0.3 is 15.2 Å². The first-order valence-electron chi connectivity index (χ1n) is 5.89. The van der Waals surface area contributed by atoms with Crippen molar-refractivity contribution in [1.29, 1.82) is 0 Å². The first kappa shape index (κ1) is 11.9. The lowest BCUT2D eigenvalue weighted by Gasteiger charge is -2.25. The Balaban J connectivity index is 2.05. The third kappa shape index (κ3) is 3.46. The summed E-state index contributed by atoms with van der Waals surface area (Å²) in [5.74, 6) is -0.800. The molecular formula is C13H17NO3. The van der Waals surface area contributed by atoms with Crippen LogP contribution in [0.4, 0.5) is 5.69 Å². The van der Waals surface area contributed by atoms with Gasteiger partial charge in [-0.3, -0.25) is 4.79 Å². The number of carbonyl (C=O) groups is 1. The van der Waals surface area contributed by atoms with E-state index in [1.165, 1.54) is 0 Å². The van der Waals surface area contributed by atoms with Crippen molar-refractivity contribution in [1.82, 2.24) is 0 Å². The Hall–Kier alpha value is -1.55. The molecule has 2 N–H and O–H groups in total. The van der Waals surface area contributed by atoms with Gasteiger partial charge in [0.05, 0.1) is 6.42 Å². The molecule has 0 spiro atoms. The first-order valence-corrected chi connectivity index (χ1v) is 5.89. The van der Waals surface area contributed by atoms with E-state index < -0.39 is 5.97 Å². The Morgan fingerprint density at radius 1 is 1.35 bits per heavy atom. The zero-order valence-corrected chi connectivity index (χ0v) is 9.69. The molecule has 0 atom stereocenters. The lowest BCUT2D eigenvalue weighted by atomic mass is 10.1. The highest BCUT2D eigenvalue weighted by Gasteiger charge is 2.15. The van der Waals surface area contributed by atoms with Gasteiger partial charge in [0.25, 0.3) is 0 Å². The summed E-state index contributed by atoms with van der Waals surface area (Å²) in [6.45, 7) is 1.55. The van der Waals surface area contributed by atoms with Crippen LogP contribution in [0.15, 0.2) is 24.3 Å². The van der Waals surface area contributed by atoms with Gasteiger partial charge in [-0.25, -0.2) is 0 Å². The molecule has 1 heterocycles. The molecule has 1 aliphatic heterocycles. The van der Waals surface area contributed by atoms with E-state index in [2.05, 4.69) is 5.32 Å². The minimum atomic E-state index is -0.800. The number of carboxylic acids is 1. The monoisotopic (exact) mass is 235 g/mol. The molecule has 0 saturated carbocycles. The molecule has 0 unspecified atom stereocenters. The maximum Gasteiger partial charge on any atom is 0.307 e. The molecule has 0 radical (unpaired) electrons. The summed E-state index contributed by atoms with van der Waals surface area (Å²) in [6.07, 6.45) is 2.01. The van der Waals surface area contributed by atoms with Crippen molar-refractivity contribution in [2.75, 3.05) is 18.5 Å². The molecular weight excluding hydrogens is 218 g/mol. The predicted molar refractivity (Wildman–Crippen MR) is 65.2 cm³/mol. The Morgan fingerprint density at radius 2 is 2.06 bits per heavy atom. The van der Waals surface area contributed by atoms with Gasteiger partial charge >= 0.3 is 5.97 Å². The number of carboxylic acid groups (broad SMARTS) is 1. The fraction of sp³-hybridized carbons (Fsp3) is 0.462. The molecule has 4 heteroatoms. The van der Waals surface area contributed by atoms with Crippen molar-refractivity contribution in [3.8, 4) is 0 Å². The van der Waals surface area contributed by atoms with E-state index in [1.807, 2.05) is 24.3 Å². The van der Waals surface area contributed by atoms with Gasteiger partial charge in [0, 0.05) is 24.9 Å². The Kier molecular flexibility index (Phi) is 3.98. The second-order valence-corrected chi connectivity index (χ2v) is 4.26. The zero-order chi connectivity index (χ0) is 12.1. The SMILES string of the molecule is O=C(O)Cc1ccccc1NC1CCOCC1. The van der Waals surface area contributed by atoms with Gasteiger partial charge in [0.2, 0.25) is 0 Å². The molecule has 17 heavy (non-hydrogen) atoms. The fourth-order valence-electron chi connectivity index (χ4n) is 2.04. The predicted octanol–water partition coefficient (Wildman–Crippen LogP) is 1.90. The standard InChI is InChI=1S/C13H17NO3/c15-13(16)9-10-3-1-2-4-12(10)14-11-5-7-17-8-6-11/h1-4,11,14H,5-9H2,(H,15,16). The minimum absolute atomic E-state index is 0.0619. The maximum atomic E-state index is 10.8. The van der Waals surface area contributed by atoms with Crippen molar-refractivity contribution >= 4 is 11.7 Å². The topological polar surface area (TPSA) is 58.6 Å². The molecule has 0 aliphatic carbocycles. The smallest absolute Gasteiger partial charge is 0.307 e. The van der Waals surface area contributed by atoms with Crippen LogP contribution in [0.1, 0.15) is 18.4 Å². The van der Waals surface area contributed by atoms with Gasteiger partial charge in [0.1, 0.15) is 0 Å². The lowest BCUT2D eigenvalue weighted by Crippen LogP contribution is -2.28. The summed E-state index contributed by atoms with van der Waals surface area (Å²) in [5, 5.41) is 12.3. The van der Waals surface area contributed by atoms with E-state index in [-0.39, 0.29) is 6.42 Å². The van der Waals surface area contributed by atoms with Crippen molar-refractivity contribution < 1.29 is 14.6 Å². The van der Waals surface area contributed by atoms with E-state index in [1.54, 1.807) is 0 Å². The summed E-state index contributed by atoms with van der Waals surface area (Å²) in [7, 11) is 0. The van der Waals surface area contributed by atoms with Crippen LogP contribution in [0.25, 0.3) is 0 Å². The molecule has 0 bridgehead atoms. The van der Waals surface area contributed by atoms with Gasteiger partial charge in [0.15, 0.2) is 0 Å². The van der Waals surface area contributed by atoms with Crippen LogP contribution < -0.4 is 5.32 Å². The number of nitrogens with one attached hydrogen (secondary N) is 1. The van der Waals surface area contributed by atoms with E-state index in [0.29, 0.717) is 6.04 Å². The molecule has 2 rings (SSSR count). The van der Waals surface area contributed by atoms with Crippen LogP contribution in [0, 0.1) is 0 Å². The Bertz CT molecular complexity index is 386. The van der Waals surface area contributed by atoms with Crippen molar-refractivity contribution in [3.63, 3.8) is 0 Å². The van der Waals surface area contributed by atoms with Crippen LogP contribution in [0.2, 0.25) is 0 Å². The summed E-state index contributed by atoms with van der Waals surface area (Å²) in [4.78, 5) is 10.8. The first-order chi connectivity index (χ1) is 8.25. The molecule has 1 aromatic carbocycles. The number of rotatable bonds is 4. The fourth-order valence-corrected chi connectivity index (χ4v) is 2.04. The number of anilines is 1. The van der Waals surface area contributed by atoms with Crippen LogP contribution in [-0.2, 0) is 16.0 Å². The number of benzene rings is 1. The summed E-state index contributed by atoms with van der Waals surface area (Å²) >= 11 is 0. The van der Waals surface area contributed by atoms with Gasteiger partial charge in [-0.2, -0.15) is 0 Å². The maximum absolute atomic E-state index is 10.8. The van der Waals surface area contributed by atoms with Gasteiger partial charge in [-0.1, -0.05) is 18.2 Å². The second-order valence-electron chi connectivity index (χ2n) is 4.26.